The van der Waals surface area contributed by atoms with Crippen molar-refractivity contribution >= 4 is 44.6 Å². The zero-order valence-electron chi connectivity index (χ0n) is 25.3. The van der Waals surface area contributed by atoms with Gasteiger partial charge in [-0.25, -0.2) is 13.4 Å². The molecule has 12 heteroatoms. The summed E-state index contributed by atoms with van der Waals surface area (Å²) in [5.41, 5.74) is 3.66. The summed E-state index contributed by atoms with van der Waals surface area (Å²) in [4.78, 5) is 11.3. The lowest BCUT2D eigenvalue weighted by atomic mass is 9.80. The lowest BCUT2D eigenvalue weighted by molar-refractivity contribution is 0.216. The lowest BCUT2D eigenvalue weighted by Gasteiger charge is -2.33. The molecule has 0 amide bonds. The van der Waals surface area contributed by atoms with Crippen molar-refractivity contribution in [2.24, 2.45) is 13.0 Å². The van der Waals surface area contributed by atoms with E-state index in [1.807, 2.05) is 13.8 Å². The largest absolute Gasteiger partial charge is 0.488 e. The maximum absolute atomic E-state index is 13.0. The van der Waals surface area contributed by atoms with Gasteiger partial charge in [0.2, 0.25) is 11.0 Å². The number of nitrogens with one attached hydrogen (secondary N) is 2. The Bertz CT molecular complexity index is 1530. The van der Waals surface area contributed by atoms with Gasteiger partial charge in [-0.15, -0.1) is 0 Å². The Kier molecular flexibility index (Phi) is 9.01. The summed E-state index contributed by atoms with van der Waals surface area (Å²) in [7, 11) is 2.40. The van der Waals surface area contributed by atoms with Gasteiger partial charge in [-0.05, 0) is 94.6 Å². The molecule has 2 fully saturated rings. The summed E-state index contributed by atoms with van der Waals surface area (Å²) in [6, 6.07) is 4.97. The normalized spacial score (nSPS) is 19.4. The Balaban J connectivity index is 1.40. The number of aryl methyl sites for hydroxylation is 2. The number of halogens is 1. The molecular weight excluding hydrogens is 574 g/mol. The predicted molar refractivity (Wildman–Crippen MR) is 167 cm³/mol. The minimum Gasteiger partial charge on any atom is -0.488 e. The molecule has 1 aromatic carbocycles. The second kappa shape index (κ2) is 12.4. The first kappa shape index (κ1) is 30.6. The average molecular weight is 616 g/mol. The van der Waals surface area contributed by atoms with Gasteiger partial charge in [0.05, 0.1) is 29.4 Å². The third-order valence-corrected chi connectivity index (χ3v) is 10.2. The van der Waals surface area contributed by atoms with E-state index in [0.717, 1.165) is 37.1 Å². The number of rotatable bonds is 11. The molecular formula is C30H42ClN7O3S. The summed E-state index contributed by atoms with van der Waals surface area (Å²) in [5.74, 6) is 1.85. The van der Waals surface area contributed by atoms with Gasteiger partial charge in [-0.2, -0.15) is 10.1 Å². The summed E-state index contributed by atoms with van der Waals surface area (Å²) in [6.45, 7) is 5.87. The van der Waals surface area contributed by atoms with Crippen LogP contribution in [0.25, 0.3) is 0 Å². The van der Waals surface area contributed by atoms with Crippen molar-refractivity contribution in [3.63, 3.8) is 0 Å². The zero-order chi connectivity index (χ0) is 30.2. The second-order valence-electron chi connectivity index (χ2n) is 12.3. The highest BCUT2D eigenvalue weighted by Gasteiger charge is 2.29. The first-order chi connectivity index (χ1) is 19.9. The molecule has 3 aromatic rings. The van der Waals surface area contributed by atoms with E-state index in [-0.39, 0.29) is 33.6 Å². The summed E-state index contributed by atoms with van der Waals surface area (Å²) < 4.78 is 33.8. The third kappa shape index (κ3) is 7.18. The summed E-state index contributed by atoms with van der Waals surface area (Å²) in [5, 5.41) is 10.8. The lowest BCUT2D eigenvalue weighted by Crippen LogP contribution is -2.31. The van der Waals surface area contributed by atoms with Gasteiger partial charge in [0.1, 0.15) is 10.8 Å². The molecule has 2 saturated carbocycles. The summed E-state index contributed by atoms with van der Waals surface area (Å²) >= 11 is 6.46. The fourth-order valence-electron chi connectivity index (χ4n) is 5.67. The molecule has 2 aromatic heterocycles. The first-order valence-corrected chi connectivity index (χ1v) is 16.7. The fourth-order valence-corrected chi connectivity index (χ4v) is 7.54. The van der Waals surface area contributed by atoms with Gasteiger partial charge in [-0.1, -0.05) is 25.4 Å². The molecule has 228 valence electrons. The number of hydrogen-bond acceptors (Lipinski definition) is 9. The van der Waals surface area contributed by atoms with Crippen molar-refractivity contribution in [3.8, 4) is 5.75 Å². The number of sulfone groups is 1. The van der Waals surface area contributed by atoms with Gasteiger partial charge in [0.25, 0.3) is 0 Å². The van der Waals surface area contributed by atoms with Crippen LogP contribution < -0.4 is 15.4 Å². The maximum atomic E-state index is 13.0. The molecule has 2 aliphatic rings. The number of anilines is 4. The molecule has 2 N–H and O–H groups in total. The van der Waals surface area contributed by atoms with Crippen molar-refractivity contribution in [2.75, 3.05) is 30.5 Å². The van der Waals surface area contributed by atoms with Gasteiger partial charge in [0, 0.05) is 19.3 Å². The standard InChI is InChI=1S/C30H42ClN7O3S/c1-18(2)17-42(39,40)29-26(16-38(6)36-29)33-28-24(31)15-32-30(35-28)34-25-13-19(3)23(14-27(25)41-22-11-12-22)20-7-9-21(10-8-20)37(4)5/h13-16,18,20-22H,7-12,17H2,1-6H3,(H2,32,33,34,35)/t20-,21+. The van der Waals surface area contributed by atoms with Crippen LogP contribution in [0, 0.1) is 12.8 Å². The van der Waals surface area contributed by atoms with Crippen LogP contribution in [0.1, 0.15) is 69.4 Å². The van der Waals surface area contributed by atoms with Gasteiger partial charge in [0.15, 0.2) is 15.7 Å². The smallest absolute Gasteiger partial charge is 0.229 e. The van der Waals surface area contributed by atoms with Crippen LogP contribution in [0.4, 0.5) is 23.1 Å². The highest BCUT2D eigenvalue weighted by molar-refractivity contribution is 7.91. The van der Waals surface area contributed by atoms with E-state index >= 15 is 0 Å². The Morgan fingerprint density at radius 2 is 1.81 bits per heavy atom. The molecule has 2 aliphatic carbocycles. The molecule has 5 rings (SSSR count). The number of nitrogens with zero attached hydrogens (tertiary/aromatic N) is 5. The van der Waals surface area contributed by atoms with Gasteiger partial charge < -0.3 is 20.3 Å². The molecule has 0 atom stereocenters. The van der Waals surface area contributed by atoms with E-state index in [1.54, 1.807) is 13.2 Å². The Morgan fingerprint density at radius 1 is 1.10 bits per heavy atom. The molecule has 0 radical (unpaired) electrons. The van der Waals surface area contributed by atoms with Crippen LogP contribution in [0.15, 0.2) is 29.6 Å². The van der Waals surface area contributed by atoms with E-state index in [0.29, 0.717) is 23.6 Å². The molecule has 0 bridgehead atoms. The van der Waals surface area contributed by atoms with E-state index in [1.165, 1.54) is 34.8 Å². The monoisotopic (exact) mass is 615 g/mol. The molecule has 42 heavy (non-hydrogen) atoms. The molecule has 2 heterocycles. The van der Waals surface area contributed by atoms with Gasteiger partial charge >= 0.3 is 0 Å². The van der Waals surface area contributed by atoms with Crippen molar-refractivity contribution in [1.29, 1.82) is 0 Å². The van der Waals surface area contributed by atoms with E-state index in [9.17, 15) is 8.42 Å². The minimum atomic E-state index is -3.61. The highest BCUT2D eigenvalue weighted by atomic mass is 35.5. The maximum Gasteiger partial charge on any atom is 0.229 e. The molecule has 0 unspecified atom stereocenters. The van der Waals surface area contributed by atoms with Gasteiger partial charge in [-0.3, -0.25) is 4.68 Å². The predicted octanol–water partition coefficient (Wildman–Crippen LogP) is 6.22. The molecule has 0 saturated heterocycles. The van der Waals surface area contributed by atoms with Crippen LogP contribution >= 0.6 is 11.6 Å². The van der Waals surface area contributed by atoms with E-state index < -0.39 is 9.84 Å². The second-order valence-corrected chi connectivity index (χ2v) is 14.7. The number of benzene rings is 1. The Labute approximate surface area is 254 Å². The Hall–Kier alpha value is -2.89. The van der Waals surface area contributed by atoms with Crippen molar-refractivity contribution in [2.45, 2.75) is 82.4 Å². The fraction of sp³-hybridized carbons (Fsp3) is 0.567. The van der Waals surface area contributed by atoms with Crippen LogP contribution in [0.5, 0.6) is 5.75 Å². The van der Waals surface area contributed by atoms with Crippen LogP contribution in [-0.4, -0.2) is 65.1 Å². The molecule has 0 spiro atoms. The number of hydrogen-bond donors (Lipinski definition) is 2. The first-order valence-electron chi connectivity index (χ1n) is 14.7. The minimum absolute atomic E-state index is 0.0147. The van der Waals surface area contributed by atoms with Crippen molar-refractivity contribution in [3.05, 3.63) is 40.7 Å². The average Bonchev–Trinajstić information content (AvgIpc) is 3.65. The number of aromatic nitrogens is 4. The van der Waals surface area contributed by atoms with E-state index in [2.05, 4.69) is 63.8 Å². The number of ether oxygens (including phenoxy) is 1. The molecule has 10 nitrogen and oxygen atoms in total. The quantitative estimate of drug-likeness (QED) is 0.259. The van der Waals surface area contributed by atoms with Crippen molar-refractivity contribution < 1.29 is 13.2 Å². The highest BCUT2D eigenvalue weighted by Crippen LogP contribution is 2.42. The van der Waals surface area contributed by atoms with Crippen LogP contribution in [0.2, 0.25) is 5.02 Å². The SMILES string of the molecule is Cc1cc(Nc2ncc(Cl)c(Nc3cn(C)nc3S(=O)(=O)CC(C)C)n2)c(OC2CC2)cc1[C@H]1CC[C@@H](N(C)C)CC1. The molecule has 0 aliphatic heterocycles. The van der Waals surface area contributed by atoms with Crippen molar-refractivity contribution in [1.82, 2.24) is 24.6 Å². The van der Waals surface area contributed by atoms with Crippen LogP contribution in [-0.2, 0) is 16.9 Å². The topological polar surface area (TPSA) is 114 Å². The third-order valence-electron chi connectivity index (χ3n) is 7.94. The van der Waals surface area contributed by atoms with E-state index in [4.69, 9.17) is 16.3 Å². The Morgan fingerprint density at radius 3 is 2.45 bits per heavy atom. The zero-order valence-corrected chi connectivity index (χ0v) is 26.9. The summed E-state index contributed by atoms with van der Waals surface area (Å²) in [6.07, 6.45) is 10.1. The van der Waals surface area contributed by atoms with Crippen LogP contribution in [0.3, 0.4) is 0 Å².